The predicted molar refractivity (Wildman–Crippen MR) is 89.0 cm³/mol. The van der Waals surface area contributed by atoms with E-state index in [9.17, 15) is 9.18 Å². The van der Waals surface area contributed by atoms with Gasteiger partial charge in [-0.05, 0) is 74.4 Å². The van der Waals surface area contributed by atoms with Gasteiger partial charge >= 0.3 is 0 Å². The van der Waals surface area contributed by atoms with Crippen LogP contribution in [0.1, 0.15) is 15.9 Å². The molecule has 0 heterocycles. The summed E-state index contributed by atoms with van der Waals surface area (Å²) < 4.78 is 15.3. The Morgan fingerprint density at radius 2 is 1.84 bits per heavy atom. The second kappa shape index (κ2) is 6.45. The van der Waals surface area contributed by atoms with E-state index in [1.807, 2.05) is 18.2 Å². The van der Waals surface area contributed by atoms with Crippen molar-refractivity contribution in [1.82, 2.24) is 0 Å². The fraction of sp³-hybridized carbons (Fsp3) is 0.0714. The zero-order valence-corrected chi connectivity index (χ0v) is 14.9. The van der Waals surface area contributed by atoms with Crippen LogP contribution in [-0.4, -0.2) is 5.78 Å². The van der Waals surface area contributed by atoms with Gasteiger partial charge in [-0.3, -0.25) is 4.79 Å². The first-order chi connectivity index (χ1) is 8.97. The lowest BCUT2D eigenvalue weighted by Gasteiger charge is -2.06. The fourth-order valence-electron chi connectivity index (χ4n) is 1.64. The van der Waals surface area contributed by atoms with Crippen LogP contribution in [-0.2, 0) is 6.42 Å². The Morgan fingerprint density at radius 3 is 2.53 bits per heavy atom. The molecule has 1 nitrogen and oxygen atoms in total. The highest BCUT2D eigenvalue weighted by atomic mass is 127. The summed E-state index contributed by atoms with van der Waals surface area (Å²) in [4.78, 5) is 12.2. The molecule has 0 aliphatic carbocycles. The Morgan fingerprint density at radius 1 is 1.11 bits per heavy atom. The van der Waals surface area contributed by atoms with Crippen molar-refractivity contribution in [3.05, 3.63) is 65.9 Å². The van der Waals surface area contributed by atoms with Crippen molar-refractivity contribution in [1.29, 1.82) is 0 Å². The smallest absolute Gasteiger partial charge is 0.168 e. The molecule has 2 rings (SSSR count). The zero-order valence-electron chi connectivity index (χ0n) is 9.59. The number of carbonyl (C=O) groups excluding carboxylic acids is 1. The molecular formula is C14H8Br2FIO. The van der Waals surface area contributed by atoms with Gasteiger partial charge in [0.25, 0.3) is 0 Å². The summed E-state index contributed by atoms with van der Waals surface area (Å²) in [7, 11) is 0. The summed E-state index contributed by atoms with van der Waals surface area (Å²) in [5.41, 5.74) is 1.43. The maximum absolute atomic E-state index is 13.1. The fourth-order valence-corrected chi connectivity index (χ4v) is 3.03. The third-order valence-electron chi connectivity index (χ3n) is 2.58. The number of halogens is 4. The number of hydrogen-bond donors (Lipinski definition) is 0. The van der Waals surface area contributed by atoms with Gasteiger partial charge in [0, 0.05) is 20.0 Å². The zero-order chi connectivity index (χ0) is 14.0. The predicted octanol–water partition coefficient (Wildman–Crippen LogP) is 5.38. The van der Waals surface area contributed by atoms with Crippen molar-refractivity contribution in [2.75, 3.05) is 0 Å². The number of carbonyl (C=O) groups is 1. The van der Waals surface area contributed by atoms with Crippen molar-refractivity contribution < 1.29 is 9.18 Å². The van der Waals surface area contributed by atoms with Gasteiger partial charge in [0.2, 0.25) is 0 Å². The van der Waals surface area contributed by atoms with E-state index >= 15 is 0 Å². The molecule has 2 aromatic rings. The summed E-state index contributed by atoms with van der Waals surface area (Å²) in [6.45, 7) is 0. The molecule has 19 heavy (non-hydrogen) atoms. The molecule has 2 aromatic carbocycles. The largest absolute Gasteiger partial charge is 0.294 e. The van der Waals surface area contributed by atoms with E-state index < -0.39 is 0 Å². The van der Waals surface area contributed by atoms with E-state index in [1.54, 1.807) is 12.1 Å². The molecule has 0 aliphatic heterocycles. The van der Waals surface area contributed by atoms with Crippen molar-refractivity contribution >= 4 is 60.2 Å². The van der Waals surface area contributed by atoms with Crippen LogP contribution in [0.5, 0.6) is 0 Å². The van der Waals surface area contributed by atoms with Crippen LogP contribution in [0.3, 0.4) is 0 Å². The van der Waals surface area contributed by atoms with Crippen LogP contribution in [0.2, 0.25) is 0 Å². The molecule has 98 valence electrons. The molecule has 0 aromatic heterocycles. The molecule has 0 radical (unpaired) electrons. The lowest BCUT2D eigenvalue weighted by Crippen LogP contribution is -2.05. The molecule has 0 atom stereocenters. The minimum Gasteiger partial charge on any atom is -0.294 e. The van der Waals surface area contributed by atoms with Crippen LogP contribution in [0.25, 0.3) is 0 Å². The second-order valence-electron chi connectivity index (χ2n) is 3.97. The molecule has 0 unspecified atom stereocenters. The van der Waals surface area contributed by atoms with Crippen molar-refractivity contribution in [3.63, 3.8) is 0 Å². The summed E-state index contributed by atoms with van der Waals surface area (Å²) in [6.07, 6.45) is 0.248. The lowest BCUT2D eigenvalue weighted by molar-refractivity contribution is 0.0992. The average molecular weight is 498 g/mol. The highest BCUT2D eigenvalue weighted by Gasteiger charge is 2.12. The summed E-state index contributed by atoms with van der Waals surface area (Å²) in [5.74, 6) is -0.324. The van der Waals surface area contributed by atoms with Crippen molar-refractivity contribution in [3.8, 4) is 0 Å². The van der Waals surface area contributed by atoms with Crippen molar-refractivity contribution in [2.24, 2.45) is 0 Å². The number of hydrogen-bond acceptors (Lipinski definition) is 1. The van der Waals surface area contributed by atoms with Gasteiger partial charge in [-0.2, -0.15) is 0 Å². The van der Waals surface area contributed by atoms with E-state index in [2.05, 4.69) is 54.5 Å². The minimum absolute atomic E-state index is 0.00361. The van der Waals surface area contributed by atoms with Crippen LogP contribution in [0.4, 0.5) is 4.39 Å². The molecule has 0 amide bonds. The Balaban J connectivity index is 2.25. The third-order valence-corrected chi connectivity index (χ3v) is 4.55. The topological polar surface area (TPSA) is 17.1 Å². The average Bonchev–Trinajstić information content (AvgIpc) is 2.36. The highest BCUT2D eigenvalue weighted by molar-refractivity contribution is 14.1. The van der Waals surface area contributed by atoms with Crippen molar-refractivity contribution in [2.45, 2.75) is 6.42 Å². The molecule has 0 spiro atoms. The first kappa shape index (κ1) is 15.1. The first-order valence-electron chi connectivity index (χ1n) is 5.39. The molecule has 0 fully saturated rings. The van der Waals surface area contributed by atoms with E-state index in [4.69, 9.17) is 0 Å². The molecule has 0 aliphatic rings. The Hall–Kier alpha value is -0.270. The van der Waals surface area contributed by atoms with Crippen LogP contribution >= 0.6 is 54.5 Å². The monoisotopic (exact) mass is 496 g/mol. The van der Waals surface area contributed by atoms with E-state index in [0.29, 0.717) is 10.0 Å². The molecular weight excluding hydrogens is 490 g/mol. The van der Waals surface area contributed by atoms with Gasteiger partial charge < -0.3 is 0 Å². The van der Waals surface area contributed by atoms with Gasteiger partial charge in [0.1, 0.15) is 5.82 Å². The molecule has 0 saturated carbocycles. The van der Waals surface area contributed by atoms with E-state index in [-0.39, 0.29) is 18.0 Å². The first-order valence-corrected chi connectivity index (χ1v) is 8.06. The highest BCUT2D eigenvalue weighted by Crippen LogP contribution is 2.23. The van der Waals surface area contributed by atoms with Crippen LogP contribution in [0.15, 0.2) is 45.3 Å². The van der Waals surface area contributed by atoms with Gasteiger partial charge in [-0.1, -0.05) is 22.0 Å². The Labute approximate surface area is 141 Å². The maximum Gasteiger partial charge on any atom is 0.168 e. The van der Waals surface area contributed by atoms with Gasteiger partial charge in [-0.15, -0.1) is 0 Å². The number of ketones is 1. The lowest BCUT2D eigenvalue weighted by atomic mass is 10.0. The number of rotatable bonds is 3. The van der Waals surface area contributed by atoms with Gasteiger partial charge in [0.15, 0.2) is 5.78 Å². The molecule has 0 saturated heterocycles. The van der Waals surface area contributed by atoms with Gasteiger partial charge in [0.05, 0.1) is 4.47 Å². The second-order valence-corrected chi connectivity index (χ2v) is 6.93. The van der Waals surface area contributed by atoms with E-state index in [0.717, 1.165) is 13.6 Å². The quantitative estimate of drug-likeness (QED) is 0.411. The van der Waals surface area contributed by atoms with Crippen LogP contribution in [0, 0.1) is 9.39 Å². The molecule has 0 N–H and O–H groups in total. The SMILES string of the molecule is O=C(Cc1ccc(F)c(Br)c1)c1cc(I)ccc1Br. The van der Waals surface area contributed by atoms with E-state index in [1.165, 1.54) is 6.07 Å². The normalized spacial score (nSPS) is 10.5. The summed E-state index contributed by atoms with van der Waals surface area (Å²) in [5, 5.41) is 0. The minimum atomic E-state index is -0.327. The third kappa shape index (κ3) is 3.86. The Bertz CT molecular complexity index is 643. The summed E-state index contributed by atoms with van der Waals surface area (Å²) >= 11 is 8.66. The van der Waals surface area contributed by atoms with Gasteiger partial charge in [-0.25, -0.2) is 4.39 Å². The maximum atomic E-state index is 13.1. The Kier molecular flexibility index (Phi) is 5.14. The molecule has 0 bridgehead atoms. The standard InChI is InChI=1S/C14H8Br2FIO/c15-11-3-2-9(18)7-10(11)14(19)6-8-1-4-13(17)12(16)5-8/h1-5,7H,6H2. The number of benzene rings is 2. The summed E-state index contributed by atoms with van der Waals surface area (Å²) in [6, 6.07) is 10.2. The molecule has 5 heteroatoms. The van der Waals surface area contributed by atoms with Crippen LogP contribution < -0.4 is 0 Å². The number of Topliss-reactive ketones (excluding diaryl/α,β-unsaturated/α-hetero) is 1.